The minimum atomic E-state index is -3.48. The van der Waals surface area contributed by atoms with Crippen LogP contribution in [0.4, 0.5) is 0 Å². The molecule has 0 aromatic heterocycles. The van der Waals surface area contributed by atoms with E-state index in [1.807, 2.05) is 17.0 Å². The SMILES string of the molecule is CC(=O)N(C1CCOCC1)C1CCN(S(=O)(=O)c2ccc3c(c2)CCCC3)CC1. The maximum atomic E-state index is 13.2. The molecule has 4 rings (SSSR count). The molecule has 1 aromatic carbocycles. The summed E-state index contributed by atoms with van der Waals surface area (Å²) in [5, 5.41) is 0. The fourth-order valence-electron chi connectivity index (χ4n) is 5.16. The first-order valence-electron chi connectivity index (χ1n) is 11.0. The summed E-state index contributed by atoms with van der Waals surface area (Å²) in [5.41, 5.74) is 2.48. The van der Waals surface area contributed by atoms with Crippen LogP contribution in [0, 0.1) is 0 Å². The van der Waals surface area contributed by atoms with E-state index in [0.717, 1.165) is 32.1 Å². The van der Waals surface area contributed by atoms with Gasteiger partial charge in [-0.05, 0) is 74.6 Å². The van der Waals surface area contributed by atoms with Crippen molar-refractivity contribution in [1.82, 2.24) is 9.21 Å². The molecule has 2 saturated heterocycles. The zero-order chi connectivity index (χ0) is 20.4. The highest BCUT2D eigenvalue weighted by Crippen LogP contribution is 2.29. The van der Waals surface area contributed by atoms with E-state index in [9.17, 15) is 13.2 Å². The number of hydrogen-bond acceptors (Lipinski definition) is 4. The topological polar surface area (TPSA) is 66.9 Å². The number of amides is 1. The third-order valence-electron chi connectivity index (χ3n) is 6.72. The Morgan fingerprint density at radius 3 is 2.28 bits per heavy atom. The van der Waals surface area contributed by atoms with Crippen molar-refractivity contribution in [2.45, 2.75) is 75.3 Å². The van der Waals surface area contributed by atoms with E-state index in [1.165, 1.54) is 17.5 Å². The molecular formula is C22H32N2O4S. The van der Waals surface area contributed by atoms with Crippen molar-refractivity contribution >= 4 is 15.9 Å². The highest BCUT2D eigenvalue weighted by Gasteiger charge is 2.36. The normalized spacial score (nSPS) is 22.2. The second-order valence-electron chi connectivity index (χ2n) is 8.54. The zero-order valence-corrected chi connectivity index (χ0v) is 18.1. The van der Waals surface area contributed by atoms with Crippen molar-refractivity contribution in [3.05, 3.63) is 29.3 Å². The lowest BCUT2D eigenvalue weighted by molar-refractivity contribution is -0.137. The molecule has 0 N–H and O–H groups in total. The number of nitrogens with zero attached hydrogens (tertiary/aromatic N) is 2. The second-order valence-corrected chi connectivity index (χ2v) is 10.5. The summed E-state index contributed by atoms with van der Waals surface area (Å²) in [6, 6.07) is 5.99. The number of piperidine rings is 1. The first-order chi connectivity index (χ1) is 14.0. The van der Waals surface area contributed by atoms with Crippen LogP contribution in [0.2, 0.25) is 0 Å². The lowest BCUT2D eigenvalue weighted by atomic mass is 9.92. The van der Waals surface area contributed by atoms with Crippen LogP contribution in [0.5, 0.6) is 0 Å². The molecule has 0 spiro atoms. The van der Waals surface area contributed by atoms with Crippen LogP contribution < -0.4 is 0 Å². The first-order valence-corrected chi connectivity index (χ1v) is 12.4. The second kappa shape index (κ2) is 8.74. The van der Waals surface area contributed by atoms with Gasteiger partial charge in [0.15, 0.2) is 0 Å². The van der Waals surface area contributed by atoms with Gasteiger partial charge in [0.05, 0.1) is 4.90 Å². The van der Waals surface area contributed by atoms with E-state index in [0.29, 0.717) is 44.0 Å². The minimum absolute atomic E-state index is 0.0906. The largest absolute Gasteiger partial charge is 0.381 e. The Hall–Kier alpha value is -1.44. The standard InChI is InChI=1S/C22H32N2O4S/c1-17(25)24(21-10-14-28-15-11-21)20-8-12-23(13-9-20)29(26,27)22-7-6-18-4-2-3-5-19(18)16-22/h6-7,16,20-21H,2-5,8-15H2,1H3. The van der Waals surface area contributed by atoms with Gasteiger partial charge in [-0.3, -0.25) is 4.79 Å². The molecule has 2 aliphatic heterocycles. The smallest absolute Gasteiger partial charge is 0.243 e. The predicted molar refractivity (Wildman–Crippen MR) is 111 cm³/mol. The van der Waals surface area contributed by atoms with Crippen molar-refractivity contribution in [2.24, 2.45) is 0 Å². The maximum Gasteiger partial charge on any atom is 0.243 e. The molecule has 1 aliphatic carbocycles. The molecule has 3 aliphatic rings. The summed E-state index contributed by atoms with van der Waals surface area (Å²) in [5.74, 6) is 0.0906. The van der Waals surface area contributed by atoms with E-state index in [4.69, 9.17) is 4.74 Å². The molecule has 2 heterocycles. The molecule has 29 heavy (non-hydrogen) atoms. The van der Waals surface area contributed by atoms with Crippen molar-refractivity contribution < 1.29 is 17.9 Å². The number of hydrogen-bond donors (Lipinski definition) is 0. The van der Waals surface area contributed by atoms with E-state index < -0.39 is 10.0 Å². The first kappa shape index (κ1) is 20.8. The average Bonchev–Trinajstić information content (AvgIpc) is 2.74. The van der Waals surface area contributed by atoms with Gasteiger partial charge in [0.1, 0.15) is 0 Å². The van der Waals surface area contributed by atoms with Crippen LogP contribution in [0.15, 0.2) is 23.1 Å². The van der Waals surface area contributed by atoms with Gasteiger partial charge in [-0.25, -0.2) is 8.42 Å². The number of carbonyl (C=O) groups excluding carboxylic acids is 1. The van der Waals surface area contributed by atoms with Crippen LogP contribution >= 0.6 is 0 Å². The van der Waals surface area contributed by atoms with Gasteiger partial charge in [0.2, 0.25) is 15.9 Å². The van der Waals surface area contributed by atoms with E-state index in [2.05, 4.69) is 0 Å². The van der Waals surface area contributed by atoms with Crippen LogP contribution in [0.3, 0.4) is 0 Å². The van der Waals surface area contributed by atoms with Crippen molar-refractivity contribution in [3.8, 4) is 0 Å². The Kier molecular flexibility index (Phi) is 6.27. The predicted octanol–water partition coefficient (Wildman–Crippen LogP) is 2.75. The van der Waals surface area contributed by atoms with Crippen LogP contribution in [-0.4, -0.2) is 61.9 Å². The number of carbonyl (C=O) groups is 1. The number of fused-ring (bicyclic) bond motifs is 1. The number of sulfonamides is 1. The Morgan fingerprint density at radius 2 is 1.62 bits per heavy atom. The summed E-state index contributed by atoms with van der Waals surface area (Å²) < 4.78 is 33.5. The van der Waals surface area contributed by atoms with Gasteiger partial charge < -0.3 is 9.64 Å². The lowest BCUT2D eigenvalue weighted by Gasteiger charge is -2.43. The highest BCUT2D eigenvalue weighted by molar-refractivity contribution is 7.89. The van der Waals surface area contributed by atoms with Crippen LogP contribution in [0.25, 0.3) is 0 Å². The summed E-state index contributed by atoms with van der Waals surface area (Å²) in [6.07, 6.45) is 7.47. The van der Waals surface area contributed by atoms with Gasteiger partial charge in [-0.2, -0.15) is 4.31 Å². The minimum Gasteiger partial charge on any atom is -0.381 e. The summed E-state index contributed by atoms with van der Waals surface area (Å²) in [6.45, 7) is 3.96. The molecule has 0 saturated carbocycles. The fraction of sp³-hybridized carbons (Fsp3) is 0.682. The van der Waals surface area contributed by atoms with Crippen molar-refractivity contribution in [1.29, 1.82) is 0 Å². The Bertz CT molecular complexity index is 840. The van der Waals surface area contributed by atoms with E-state index >= 15 is 0 Å². The quantitative estimate of drug-likeness (QED) is 0.751. The lowest BCUT2D eigenvalue weighted by Crippen LogP contribution is -2.53. The van der Waals surface area contributed by atoms with Crippen molar-refractivity contribution in [2.75, 3.05) is 26.3 Å². The molecule has 0 unspecified atom stereocenters. The van der Waals surface area contributed by atoms with Gasteiger partial charge in [-0.1, -0.05) is 6.07 Å². The van der Waals surface area contributed by atoms with Crippen LogP contribution in [-0.2, 0) is 32.4 Å². The number of ether oxygens (including phenoxy) is 1. The molecular weight excluding hydrogens is 388 g/mol. The molecule has 0 bridgehead atoms. The molecule has 160 valence electrons. The van der Waals surface area contributed by atoms with Crippen molar-refractivity contribution in [3.63, 3.8) is 0 Å². The Morgan fingerprint density at radius 1 is 1.00 bits per heavy atom. The summed E-state index contributed by atoms with van der Waals surface area (Å²) >= 11 is 0. The molecule has 1 aromatic rings. The third-order valence-corrected chi connectivity index (χ3v) is 8.62. The molecule has 7 heteroatoms. The molecule has 0 radical (unpaired) electrons. The fourth-order valence-corrected chi connectivity index (χ4v) is 6.68. The maximum absolute atomic E-state index is 13.2. The highest BCUT2D eigenvalue weighted by atomic mass is 32.2. The third kappa shape index (κ3) is 4.37. The number of rotatable bonds is 4. The molecule has 0 atom stereocenters. The van der Waals surface area contributed by atoms with E-state index in [1.54, 1.807) is 17.3 Å². The summed E-state index contributed by atoms with van der Waals surface area (Å²) in [4.78, 5) is 14.8. The van der Waals surface area contributed by atoms with Gasteiger partial charge in [0, 0.05) is 45.3 Å². The number of aryl methyl sites for hydroxylation is 2. The average molecular weight is 421 g/mol. The van der Waals surface area contributed by atoms with Gasteiger partial charge >= 0.3 is 0 Å². The molecule has 6 nitrogen and oxygen atoms in total. The molecule has 2 fully saturated rings. The zero-order valence-electron chi connectivity index (χ0n) is 17.3. The molecule has 1 amide bonds. The Balaban J connectivity index is 1.45. The van der Waals surface area contributed by atoms with Crippen LogP contribution in [0.1, 0.15) is 56.6 Å². The monoisotopic (exact) mass is 420 g/mol. The van der Waals surface area contributed by atoms with Gasteiger partial charge in [0.25, 0.3) is 0 Å². The van der Waals surface area contributed by atoms with E-state index in [-0.39, 0.29) is 18.0 Å². The van der Waals surface area contributed by atoms with Gasteiger partial charge in [-0.15, -0.1) is 0 Å². The number of benzene rings is 1. The Labute approximate surface area is 174 Å². The summed E-state index contributed by atoms with van der Waals surface area (Å²) in [7, 11) is -3.48.